The molecule has 3 aliphatic rings. The number of nitrogens with zero attached hydrogens (tertiary/aromatic N) is 4. The van der Waals surface area contributed by atoms with Gasteiger partial charge in [0, 0.05) is 11.8 Å². The van der Waals surface area contributed by atoms with Crippen LogP contribution in [-0.2, 0) is 0 Å². The SMILES string of the molecule is C1=Nc2[nH]ccc2C2C(C3CCCCC3)N=NN12. The molecule has 0 spiro atoms. The number of rotatable bonds is 1. The van der Waals surface area contributed by atoms with Crippen LogP contribution in [0.2, 0.25) is 0 Å². The summed E-state index contributed by atoms with van der Waals surface area (Å²) in [6.07, 6.45) is 10.4. The van der Waals surface area contributed by atoms with Gasteiger partial charge >= 0.3 is 0 Å². The smallest absolute Gasteiger partial charge is 0.137 e. The van der Waals surface area contributed by atoms with Gasteiger partial charge in [0.2, 0.25) is 0 Å². The van der Waals surface area contributed by atoms with Crippen molar-refractivity contribution in [1.82, 2.24) is 9.99 Å². The van der Waals surface area contributed by atoms with Gasteiger partial charge in [-0.15, -0.1) is 0 Å². The number of fused-ring (bicyclic) bond motifs is 3. The first kappa shape index (κ1) is 10.3. The van der Waals surface area contributed by atoms with Crippen molar-refractivity contribution in [1.29, 1.82) is 0 Å². The van der Waals surface area contributed by atoms with Gasteiger partial charge in [0.15, 0.2) is 0 Å². The van der Waals surface area contributed by atoms with Crippen LogP contribution in [0.5, 0.6) is 0 Å². The molecular formula is C13H17N5. The van der Waals surface area contributed by atoms with Crippen molar-refractivity contribution >= 4 is 12.2 Å². The maximum atomic E-state index is 4.53. The van der Waals surface area contributed by atoms with E-state index in [1.54, 1.807) is 6.34 Å². The normalized spacial score (nSPS) is 30.6. The zero-order valence-electron chi connectivity index (χ0n) is 10.3. The van der Waals surface area contributed by atoms with Crippen molar-refractivity contribution in [2.24, 2.45) is 21.2 Å². The summed E-state index contributed by atoms with van der Waals surface area (Å²) >= 11 is 0. The van der Waals surface area contributed by atoms with E-state index in [0.29, 0.717) is 12.0 Å². The van der Waals surface area contributed by atoms with Gasteiger partial charge in [-0.1, -0.05) is 24.5 Å². The van der Waals surface area contributed by atoms with Crippen molar-refractivity contribution in [3.8, 4) is 0 Å². The van der Waals surface area contributed by atoms with Gasteiger partial charge < -0.3 is 4.98 Å². The Morgan fingerprint density at radius 3 is 3.00 bits per heavy atom. The van der Waals surface area contributed by atoms with Crippen molar-refractivity contribution in [2.45, 2.75) is 44.2 Å². The van der Waals surface area contributed by atoms with Crippen LogP contribution in [0.15, 0.2) is 27.6 Å². The van der Waals surface area contributed by atoms with Crippen LogP contribution in [0.1, 0.15) is 43.7 Å². The Labute approximate surface area is 106 Å². The zero-order valence-corrected chi connectivity index (χ0v) is 10.3. The maximum absolute atomic E-state index is 4.53. The summed E-state index contributed by atoms with van der Waals surface area (Å²) in [4.78, 5) is 7.55. The topological polar surface area (TPSA) is 56.1 Å². The third kappa shape index (κ3) is 1.43. The van der Waals surface area contributed by atoms with Gasteiger partial charge in [-0.05, 0) is 24.8 Å². The summed E-state index contributed by atoms with van der Waals surface area (Å²) in [6, 6.07) is 2.70. The molecule has 0 bridgehead atoms. The van der Waals surface area contributed by atoms with E-state index in [1.165, 1.54) is 37.7 Å². The lowest BCUT2D eigenvalue weighted by Gasteiger charge is -2.31. The van der Waals surface area contributed by atoms with Gasteiger partial charge in [0.05, 0.1) is 0 Å². The molecule has 1 N–H and O–H groups in total. The van der Waals surface area contributed by atoms with Crippen molar-refractivity contribution in [3.63, 3.8) is 0 Å². The van der Waals surface area contributed by atoms with E-state index in [1.807, 2.05) is 11.2 Å². The minimum Gasteiger partial charge on any atom is -0.346 e. The molecule has 5 heteroatoms. The Bertz CT molecular complexity index is 497. The molecule has 1 aliphatic carbocycles. The molecule has 5 nitrogen and oxygen atoms in total. The lowest BCUT2D eigenvalue weighted by molar-refractivity contribution is 0.246. The molecule has 4 rings (SSSR count). The lowest BCUT2D eigenvalue weighted by atomic mass is 9.80. The summed E-state index contributed by atoms with van der Waals surface area (Å²) in [5, 5.41) is 10.7. The molecule has 1 fully saturated rings. The predicted molar refractivity (Wildman–Crippen MR) is 68.7 cm³/mol. The van der Waals surface area contributed by atoms with E-state index in [0.717, 1.165) is 5.82 Å². The van der Waals surface area contributed by atoms with Crippen LogP contribution in [-0.4, -0.2) is 22.4 Å². The van der Waals surface area contributed by atoms with Crippen LogP contribution < -0.4 is 0 Å². The number of H-pyrrole nitrogens is 1. The molecule has 18 heavy (non-hydrogen) atoms. The fraction of sp³-hybridized carbons (Fsp3) is 0.615. The molecule has 1 aromatic rings. The largest absolute Gasteiger partial charge is 0.346 e. The highest BCUT2D eigenvalue weighted by molar-refractivity contribution is 5.66. The highest BCUT2D eigenvalue weighted by Crippen LogP contribution is 2.44. The van der Waals surface area contributed by atoms with Crippen LogP contribution in [0, 0.1) is 5.92 Å². The maximum Gasteiger partial charge on any atom is 0.137 e. The van der Waals surface area contributed by atoms with Crippen molar-refractivity contribution < 1.29 is 0 Å². The van der Waals surface area contributed by atoms with E-state index in [4.69, 9.17) is 0 Å². The molecular weight excluding hydrogens is 226 g/mol. The van der Waals surface area contributed by atoms with Gasteiger partial charge in [0.1, 0.15) is 24.2 Å². The standard InChI is InChI=1S/C13H17N5/c1-2-4-9(5-3-1)11-12-10-6-7-14-13(10)15-8-18(12)17-16-11/h6-9,11-12,14H,1-5H2. The van der Waals surface area contributed by atoms with Crippen LogP contribution in [0.3, 0.4) is 0 Å². The Kier molecular flexibility index (Phi) is 2.25. The third-order valence-electron chi connectivity index (χ3n) is 4.41. The zero-order chi connectivity index (χ0) is 11.9. The van der Waals surface area contributed by atoms with Crippen molar-refractivity contribution in [2.75, 3.05) is 0 Å². The number of aliphatic imine (C=N–C) groups is 1. The van der Waals surface area contributed by atoms with Crippen LogP contribution in [0.4, 0.5) is 5.82 Å². The summed E-state index contributed by atoms with van der Waals surface area (Å²) in [6.45, 7) is 0. The van der Waals surface area contributed by atoms with E-state index in [9.17, 15) is 0 Å². The van der Waals surface area contributed by atoms with Gasteiger partial charge in [-0.3, -0.25) is 0 Å². The Hall–Kier alpha value is -1.65. The molecule has 0 radical (unpaired) electrons. The molecule has 1 saturated carbocycles. The summed E-state index contributed by atoms with van der Waals surface area (Å²) in [5.74, 6) is 1.66. The second-order valence-corrected chi connectivity index (χ2v) is 5.44. The molecule has 3 heterocycles. The van der Waals surface area contributed by atoms with Gasteiger partial charge in [0.25, 0.3) is 0 Å². The molecule has 0 amide bonds. The molecule has 2 aliphatic heterocycles. The number of nitrogens with one attached hydrogen (secondary N) is 1. The van der Waals surface area contributed by atoms with E-state index in [2.05, 4.69) is 26.4 Å². The predicted octanol–water partition coefficient (Wildman–Crippen LogP) is 3.36. The number of hydrogen-bond donors (Lipinski definition) is 1. The molecule has 0 aromatic carbocycles. The van der Waals surface area contributed by atoms with Crippen molar-refractivity contribution in [3.05, 3.63) is 17.8 Å². The lowest BCUT2D eigenvalue weighted by Crippen LogP contribution is -2.33. The molecule has 2 unspecified atom stereocenters. The van der Waals surface area contributed by atoms with Gasteiger partial charge in [-0.25, -0.2) is 10.0 Å². The quantitative estimate of drug-likeness (QED) is 0.807. The first-order valence-corrected chi connectivity index (χ1v) is 6.84. The number of aromatic nitrogens is 1. The molecule has 0 saturated heterocycles. The Balaban J connectivity index is 1.67. The average molecular weight is 243 g/mol. The number of hydrogen-bond acceptors (Lipinski definition) is 4. The molecule has 1 aromatic heterocycles. The second-order valence-electron chi connectivity index (χ2n) is 5.44. The van der Waals surface area contributed by atoms with Crippen LogP contribution >= 0.6 is 0 Å². The average Bonchev–Trinajstić information content (AvgIpc) is 3.05. The Morgan fingerprint density at radius 2 is 2.11 bits per heavy atom. The highest BCUT2D eigenvalue weighted by Gasteiger charge is 2.41. The monoisotopic (exact) mass is 243 g/mol. The summed E-state index contributed by atoms with van der Waals surface area (Å²) in [5.41, 5.74) is 1.25. The Morgan fingerprint density at radius 1 is 1.22 bits per heavy atom. The van der Waals surface area contributed by atoms with Crippen LogP contribution in [0.25, 0.3) is 0 Å². The minimum absolute atomic E-state index is 0.270. The minimum atomic E-state index is 0.270. The van der Waals surface area contributed by atoms with E-state index in [-0.39, 0.29) is 6.04 Å². The first-order valence-electron chi connectivity index (χ1n) is 6.84. The molecule has 94 valence electrons. The third-order valence-corrected chi connectivity index (χ3v) is 4.41. The summed E-state index contributed by atoms with van der Waals surface area (Å²) < 4.78 is 0. The fourth-order valence-electron chi connectivity index (χ4n) is 3.48. The van der Waals surface area contributed by atoms with Gasteiger partial charge in [-0.2, -0.15) is 5.11 Å². The van der Waals surface area contributed by atoms with E-state index < -0.39 is 0 Å². The number of aromatic amines is 1. The first-order chi connectivity index (χ1) is 8.93. The fourth-order valence-corrected chi connectivity index (χ4v) is 3.48. The van der Waals surface area contributed by atoms with E-state index >= 15 is 0 Å². The summed E-state index contributed by atoms with van der Waals surface area (Å²) in [7, 11) is 0. The highest BCUT2D eigenvalue weighted by atomic mass is 15.6. The molecule has 2 atom stereocenters. The second kappa shape index (κ2) is 3.93.